The van der Waals surface area contributed by atoms with Crippen LogP contribution >= 0.6 is 0 Å². The molecule has 0 saturated carbocycles. The second kappa shape index (κ2) is 8.07. The maximum atomic E-state index is 13.9. The molecule has 1 aromatic carbocycles. The summed E-state index contributed by atoms with van der Waals surface area (Å²) in [7, 11) is 0. The Kier molecular flexibility index (Phi) is 5.93. The first-order valence-corrected chi connectivity index (χ1v) is 9.74. The van der Waals surface area contributed by atoms with Crippen LogP contribution in [0.3, 0.4) is 0 Å². The topological polar surface area (TPSA) is 65.1 Å². The normalized spacial score (nSPS) is 24.6. The summed E-state index contributed by atoms with van der Waals surface area (Å²) in [6, 6.07) is 3.65. The minimum absolute atomic E-state index is 0.124. The summed E-state index contributed by atoms with van der Waals surface area (Å²) >= 11 is 0. The number of hydrogen-bond acceptors (Lipinski definition) is 5. The number of piperidine rings is 1. The molecule has 0 aliphatic carbocycles. The number of ketones is 1. The van der Waals surface area contributed by atoms with Gasteiger partial charge in [0.25, 0.3) is 0 Å². The highest BCUT2D eigenvalue weighted by Crippen LogP contribution is 2.35. The largest absolute Gasteiger partial charge is 0.494 e. The number of Topliss-reactive ketones (excluding diaryl/α,β-unsaturated/α-hetero) is 1. The van der Waals surface area contributed by atoms with E-state index in [0.29, 0.717) is 44.0 Å². The number of amides is 1. The van der Waals surface area contributed by atoms with Crippen molar-refractivity contribution in [1.29, 1.82) is 0 Å². The van der Waals surface area contributed by atoms with Crippen molar-refractivity contribution < 1.29 is 28.2 Å². The molecule has 0 spiro atoms. The molecule has 7 heteroatoms. The third-order valence-corrected chi connectivity index (χ3v) is 4.96. The van der Waals surface area contributed by atoms with Gasteiger partial charge in [-0.3, -0.25) is 9.69 Å². The molecule has 28 heavy (non-hydrogen) atoms. The van der Waals surface area contributed by atoms with Gasteiger partial charge in [0.15, 0.2) is 5.78 Å². The lowest BCUT2D eigenvalue weighted by molar-refractivity contribution is -0.0861. The van der Waals surface area contributed by atoms with Gasteiger partial charge in [-0.05, 0) is 52.7 Å². The second-order valence-corrected chi connectivity index (χ2v) is 8.37. The molecular weight excluding hydrogens is 365 g/mol. The van der Waals surface area contributed by atoms with Crippen molar-refractivity contribution in [3.8, 4) is 5.75 Å². The van der Waals surface area contributed by atoms with E-state index in [-0.39, 0.29) is 29.9 Å². The SMILES string of the molecule is CCOc1cc(F)cc(C(=O)C2CC3COCC(C2)N3C(=O)OC(C)(C)C)c1. The lowest BCUT2D eigenvalue weighted by atomic mass is 9.81. The van der Waals surface area contributed by atoms with Crippen LogP contribution in [0.5, 0.6) is 5.75 Å². The lowest BCUT2D eigenvalue weighted by Crippen LogP contribution is -2.60. The van der Waals surface area contributed by atoms with Crippen LogP contribution in [0.4, 0.5) is 9.18 Å². The molecule has 0 radical (unpaired) electrons. The van der Waals surface area contributed by atoms with E-state index in [0.717, 1.165) is 0 Å². The van der Waals surface area contributed by atoms with Crippen LogP contribution in [0.25, 0.3) is 0 Å². The van der Waals surface area contributed by atoms with Gasteiger partial charge in [0.2, 0.25) is 0 Å². The number of benzene rings is 1. The van der Waals surface area contributed by atoms with Crippen LogP contribution in [0.15, 0.2) is 18.2 Å². The van der Waals surface area contributed by atoms with E-state index < -0.39 is 11.4 Å². The summed E-state index contributed by atoms with van der Waals surface area (Å²) in [5.41, 5.74) is -0.283. The third kappa shape index (κ3) is 4.63. The van der Waals surface area contributed by atoms with E-state index in [4.69, 9.17) is 14.2 Å². The quantitative estimate of drug-likeness (QED) is 0.728. The Morgan fingerprint density at radius 1 is 1.18 bits per heavy atom. The highest BCUT2D eigenvalue weighted by Gasteiger charge is 2.45. The first kappa shape index (κ1) is 20.6. The number of hydrogen-bond donors (Lipinski definition) is 0. The van der Waals surface area contributed by atoms with Crippen LogP contribution < -0.4 is 4.74 Å². The van der Waals surface area contributed by atoms with Gasteiger partial charge in [-0.2, -0.15) is 0 Å². The van der Waals surface area contributed by atoms with E-state index in [1.165, 1.54) is 12.1 Å². The molecule has 0 aromatic heterocycles. The van der Waals surface area contributed by atoms with Gasteiger partial charge in [-0.15, -0.1) is 0 Å². The first-order chi connectivity index (χ1) is 13.2. The van der Waals surface area contributed by atoms with E-state index in [1.54, 1.807) is 17.9 Å². The van der Waals surface area contributed by atoms with Crippen LogP contribution in [0.1, 0.15) is 50.9 Å². The molecule has 3 rings (SSSR count). The van der Waals surface area contributed by atoms with Gasteiger partial charge < -0.3 is 14.2 Å². The molecule has 2 saturated heterocycles. The molecule has 2 fully saturated rings. The molecule has 2 aliphatic heterocycles. The fourth-order valence-electron chi connectivity index (χ4n) is 3.93. The van der Waals surface area contributed by atoms with Gasteiger partial charge in [-0.1, -0.05) is 0 Å². The fraction of sp³-hybridized carbons (Fsp3) is 0.619. The number of morpholine rings is 1. The number of rotatable bonds is 4. The third-order valence-electron chi connectivity index (χ3n) is 4.96. The fourth-order valence-corrected chi connectivity index (χ4v) is 3.93. The zero-order chi connectivity index (χ0) is 20.5. The van der Waals surface area contributed by atoms with Crippen LogP contribution in [0.2, 0.25) is 0 Å². The predicted molar refractivity (Wildman–Crippen MR) is 101 cm³/mol. The Balaban J connectivity index is 1.76. The lowest BCUT2D eigenvalue weighted by Gasteiger charge is -2.47. The minimum atomic E-state index is -0.587. The van der Waals surface area contributed by atoms with E-state index >= 15 is 0 Å². The van der Waals surface area contributed by atoms with E-state index in [9.17, 15) is 14.0 Å². The Bertz CT molecular complexity index is 731. The summed E-state index contributed by atoms with van der Waals surface area (Å²) in [4.78, 5) is 27.4. The van der Waals surface area contributed by atoms with Crippen molar-refractivity contribution in [1.82, 2.24) is 4.90 Å². The molecule has 2 atom stereocenters. The Labute approximate surface area is 164 Å². The van der Waals surface area contributed by atoms with Crippen LogP contribution in [-0.2, 0) is 9.47 Å². The minimum Gasteiger partial charge on any atom is -0.494 e. The Morgan fingerprint density at radius 2 is 1.82 bits per heavy atom. The molecule has 0 N–H and O–H groups in total. The number of fused-ring (bicyclic) bond motifs is 2. The number of ether oxygens (including phenoxy) is 3. The van der Waals surface area contributed by atoms with Crippen LogP contribution in [-0.4, -0.2) is 54.3 Å². The summed E-state index contributed by atoms with van der Waals surface area (Å²) < 4.78 is 30.4. The molecule has 1 aromatic rings. The van der Waals surface area contributed by atoms with Crippen molar-refractivity contribution in [2.45, 2.75) is 58.2 Å². The molecule has 6 nitrogen and oxygen atoms in total. The van der Waals surface area contributed by atoms with Gasteiger partial charge in [0.05, 0.1) is 31.9 Å². The average Bonchev–Trinajstić information content (AvgIpc) is 2.58. The Hall–Kier alpha value is -2.15. The molecule has 2 unspecified atom stereocenters. The number of carbonyl (C=O) groups excluding carboxylic acids is 2. The number of carbonyl (C=O) groups is 2. The highest BCUT2D eigenvalue weighted by atomic mass is 19.1. The zero-order valence-corrected chi connectivity index (χ0v) is 16.9. The van der Waals surface area contributed by atoms with Gasteiger partial charge in [-0.25, -0.2) is 9.18 Å². The van der Waals surface area contributed by atoms with E-state index in [1.807, 2.05) is 20.8 Å². The standard InChI is InChI=1S/C21H28FNO5/c1-5-27-18-9-13(6-15(22)10-18)19(24)14-7-16-11-26-12-17(8-14)23(16)20(25)28-21(2,3)4/h6,9-10,14,16-17H,5,7-8,11-12H2,1-4H3. The van der Waals surface area contributed by atoms with Gasteiger partial charge >= 0.3 is 6.09 Å². The summed E-state index contributed by atoms with van der Waals surface area (Å²) in [5.74, 6) is -0.570. The predicted octanol–water partition coefficient (Wildman–Crippen LogP) is 3.82. The number of halogens is 1. The summed E-state index contributed by atoms with van der Waals surface area (Å²) in [6.07, 6.45) is 0.561. The molecule has 2 bridgehead atoms. The second-order valence-electron chi connectivity index (χ2n) is 8.37. The summed E-state index contributed by atoms with van der Waals surface area (Å²) in [5, 5.41) is 0. The van der Waals surface area contributed by atoms with Crippen molar-refractivity contribution in [2.75, 3.05) is 19.8 Å². The Morgan fingerprint density at radius 3 is 2.39 bits per heavy atom. The molecule has 1 amide bonds. The van der Waals surface area contributed by atoms with Gasteiger partial charge in [0.1, 0.15) is 17.2 Å². The molecule has 154 valence electrons. The van der Waals surface area contributed by atoms with Crippen molar-refractivity contribution in [3.63, 3.8) is 0 Å². The molecular formula is C21H28FNO5. The summed E-state index contributed by atoms with van der Waals surface area (Å²) in [6.45, 7) is 8.42. The van der Waals surface area contributed by atoms with Crippen molar-refractivity contribution in [2.24, 2.45) is 5.92 Å². The number of nitrogens with zero attached hydrogens (tertiary/aromatic N) is 1. The molecule has 2 heterocycles. The smallest absolute Gasteiger partial charge is 0.410 e. The van der Waals surface area contributed by atoms with Crippen LogP contribution in [0, 0.1) is 11.7 Å². The maximum absolute atomic E-state index is 13.9. The van der Waals surface area contributed by atoms with Gasteiger partial charge in [0, 0.05) is 17.5 Å². The highest BCUT2D eigenvalue weighted by molar-refractivity contribution is 5.98. The zero-order valence-electron chi connectivity index (χ0n) is 16.9. The monoisotopic (exact) mass is 393 g/mol. The van der Waals surface area contributed by atoms with E-state index in [2.05, 4.69) is 0 Å². The van der Waals surface area contributed by atoms with Crippen molar-refractivity contribution in [3.05, 3.63) is 29.6 Å². The van der Waals surface area contributed by atoms with Crippen molar-refractivity contribution >= 4 is 11.9 Å². The maximum Gasteiger partial charge on any atom is 0.410 e. The molecule has 2 aliphatic rings. The first-order valence-electron chi connectivity index (χ1n) is 9.74. The average molecular weight is 393 g/mol.